The van der Waals surface area contributed by atoms with E-state index >= 15 is 0 Å². The molecule has 1 N–H and O–H groups in total. The summed E-state index contributed by atoms with van der Waals surface area (Å²) in [5, 5.41) is 10.3. The van der Waals surface area contributed by atoms with Crippen molar-refractivity contribution in [3.8, 4) is 5.75 Å². The summed E-state index contributed by atoms with van der Waals surface area (Å²) >= 11 is 0. The normalized spacial score (nSPS) is 22.3. The van der Waals surface area contributed by atoms with Crippen LogP contribution < -0.4 is 5.56 Å². The smallest absolute Gasteiger partial charge is 0.315 e. The number of rotatable bonds is 3. The van der Waals surface area contributed by atoms with Gasteiger partial charge in [0.15, 0.2) is 5.69 Å². The predicted octanol–water partition coefficient (Wildman–Crippen LogP) is 2.86. The molecule has 142 valence electrons. The average molecular weight is 367 g/mol. The fraction of sp³-hybridized carbons (Fsp3) is 0.476. The van der Waals surface area contributed by atoms with Gasteiger partial charge in [0, 0.05) is 25.0 Å². The first-order chi connectivity index (χ1) is 13.0. The maximum Gasteiger partial charge on any atom is 0.315 e. The zero-order valence-electron chi connectivity index (χ0n) is 15.8. The van der Waals surface area contributed by atoms with Gasteiger partial charge in [0.05, 0.1) is 0 Å². The quantitative estimate of drug-likeness (QED) is 0.905. The highest BCUT2D eigenvalue weighted by Crippen LogP contribution is 2.45. The summed E-state index contributed by atoms with van der Waals surface area (Å²) in [6, 6.07) is 10.3. The molecular formula is C21H25N3O3. The Bertz CT molecular complexity index is 920. The molecule has 0 radical (unpaired) electrons. The number of nitrogens with zero attached hydrogens (tertiary/aromatic N) is 3. The number of fused-ring (bicyclic) bond motifs is 1. The number of amides is 1. The number of aromatic nitrogens is 2. The van der Waals surface area contributed by atoms with Gasteiger partial charge in [-0.25, -0.2) is 0 Å². The van der Waals surface area contributed by atoms with Crippen molar-refractivity contribution in [2.24, 2.45) is 0 Å². The lowest BCUT2D eigenvalue weighted by atomic mass is 9.88. The Hall–Kier alpha value is -2.63. The minimum Gasteiger partial charge on any atom is -0.501 e. The van der Waals surface area contributed by atoms with Crippen LogP contribution in [-0.2, 0) is 6.54 Å². The SMILES string of the molecule is CC(C)N1CCn2c(C3CCCC3c3ccccc3)nc(=O)c(O)c2C1=O. The van der Waals surface area contributed by atoms with Crippen LogP contribution in [0, 0.1) is 0 Å². The summed E-state index contributed by atoms with van der Waals surface area (Å²) < 4.78 is 1.80. The fourth-order valence-electron chi connectivity index (χ4n) is 4.59. The van der Waals surface area contributed by atoms with Gasteiger partial charge in [-0.2, -0.15) is 4.98 Å². The summed E-state index contributed by atoms with van der Waals surface area (Å²) in [5.41, 5.74) is 0.639. The number of aromatic hydroxyl groups is 1. The Morgan fingerprint density at radius 3 is 2.48 bits per heavy atom. The van der Waals surface area contributed by atoms with E-state index in [0.717, 1.165) is 19.3 Å². The number of hydrogen-bond donors (Lipinski definition) is 1. The number of benzene rings is 1. The Labute approximate surface area is 158 Å². The van der Waals surface area contributed by atoms with Crippen molar-refractivity contribution in [2.75, 3.05) is 6.54 Å². The standard InChI is InChI=1S/C21H25N3O3/c1-13(2)23-11-12-24-17(21(23)27)18(25)20(26)22-19(24)16-10-6-9-15(16)14-7-4-3-5-8-14/h3-5,7-8,13,15-16,25H,6,9-12H2,1-2H3. The van der Waals surface area contributed by atoms with Gasteiger partial charge in [0.25, 0.3) is 5.91 Å². The Balaban J connectivity index is 1.82. The highest BCUT2D eigenvalue weighted by atomic mass is 16.3. The third kappa shape index (κ3) is 2.93. The summed E-state index contributed by atoms with van der Waals surface area (Å²) in [6.07, 6.45) is 3.02. The van der Waals surface area contributed by atoms with Gasteiger partial charge in [-0.1, -0.05) is 36.8 Å². The predicted molar refractivity (Wildman–Crippen MR) is 102 cm³/mol. The van der Waals surface area contributed by atoms with Crippen molar-refractivity contribution >= 4 is 5.91 Å². The number of carbonyl (C=O) groups is 1. The van der Waals surface area contributed by atoms with Crippen molar-refractivity contribution in [2.45, 2.75) is 57.5 Å². The van der Waals surface area contributed by atoms with Crippen LogP contribution in [0.3, 0.4) is 0 Å². The van der Waals surface area contributed by atoms with E-state index in [2.05, 4.69) is 17.1 Å². The molecule has 6 heteroatoms. The molecule has 1 saturated carbocycles. The van der Waals surface area contributed by atoms with E-state index in [1.807, 2.05) is 32.0 Å². The molecule has 2 atom stereocenters. The van der Waals surface area contributed by atoms with E-state index in [0.29, 0.717) is 18.9 Å². The maximum atomic E-state index is 12.9. The zero-order chi connectivity index (χ0) is 19.1. The van der Waals surface area contributed by atoms with Gasteiger partial charge < -0.3 is 14.6 Å². The third-order valence-corrected chi connectivity index (χ3v) is 5.92. The van der Waals surface area contributed by atoms with Crippen molar-refractivity contribution in [1.82, 2.24) is 14.5 Å². The molecular weight excluding hydrogens is 342 g/mol. The Morgan fingerprint density at radius 1 is 1.07 bits per heavy atom. The zero-order valence-corrected chi connectivity index (χ0v) is 15.8. The molecule has 1 aromatic carbocycles. The topological polar surface area (TPSA) is 75.4 Å². The van der Waals surface area contributed by atoms with Crippen LogP contribution in [-0.4, -0.2) is 38.1 Å². The summed E-state index contributed by atoms with van der Waals surface area (Å²) in [6.45, 7) is 4.98. The van der Waals surface area contributed by atoms with Gasteiger partial charge in [0.1, 0.15) is 5.82 Å². The van der Waals surface area contributed by atoms with Gasteiger partial charge >= 0.3 is 5.56 Å². The molecule has 1 amide bonds. The first kappa shape index (κ1) is 17.8. The minimum atomic E-state index is -0.700. The molecule has 0 bridgehead atoms. The van der Waals surface area contributed by atoms with E-state index in [9.17, 15) is 14.7 Å². The average Bonchev–Trinajstić information content (AvgIpc) is 3.14. The lowest BCUT2D eigenvalue weighted by molar-refractivity contribution is 0.0636. The van der Waals surface area contributed by atoms with Crippen LogP contribution in [0.4, 0.5) is 0 Å². The molecule has 1 fully saturated rings. The first-order valence-electron chi connectivity index (χ1n) is 9.68. The van der Waals surface area contributed by atoms with Crippen LogP contribution in [0.1, 0.15) is 66.8 Å². The second-order valence-electron chi connectivity index (χ2n) is 7.77. The van der Waals surface area contributed by atoms with Gasteiger partial charge in [-0.05, 0) is 38.2 Å². The van der Waals surface area contributed by atoms with Gasteiger partial charge in [-0.15, -0.1) is 0 Å². The van der Waals surface area contributed by atoms with Crippen molar-refractivity contribution in [3.05, 3.63) is 57.8 Å². The van der Waals surface area contributed by atoms with Crippen LogP contribution in [0.5, 0.6) is 5.75 Å². The van der Waals surface area contributed by atoms with E-state index < -0.39 is 11.3 Å². The second-order valence-corrected chi connectivity index (χ2v) is 7.77. The first-order valence-corrected chi connectivity index (χ1v) is 9.68. The molecule has 2 aliphatic rings. The molecule has 2 unspecified atom stereocenters. The molecule has 1 aliphatic carbocycles. The lowest BCUT2D eigenvalue weighted by Crippen LogP contribution is -2.46. The minimum absolute atomic E-state index is 0.0147. The van der Waals surface area contributed by atoms with Crippen molar-refractivity contribution in [3.63, 3.8) is 0 Å². The van der Waals surface area contributed by atoms with E-state index in [1.54, 1.807) is 9.47 Å². The fourth-order valence-corrected chi connectivity index (χ4v) is 4.59. The lowest BCUT2D eigenvalue weighted by Gasteiger charge is -2.35. The van der Waals surface area contributed by atoms with Crippen LogP contribution in [0.15, 0.2) is 35.1 Å². The van der Waals surface area contributed by atoms with Crippen LogP contribution >= 0.6 is 0 Å². The van der Waals surface area contributed by atoms with Crippen LogP contribution in [0.2, 0.25) is 0 Å². The molecule has 6 nitrogen and oxygen atoms in total. The molecule has 0 spiro atoms. The molecule has 0 saturated heterocycles. The summed E-state index contributed by atoms with van der Waals surface area (Å²) in [7, 11) is 0. The third-order valence-electron chi connectivity index (χ3n) is 5.92. The molecule has 27 heavy (non-hydrogen) atoms. The largest absolute Gasteiger partial charge is 0.501 e. The van der Waals surface area contributed by atoms with Crippen molar-refractivity contribution < 1.29 is 9.90 Å². The molecule has 1 aliphatic heterocycles. The summed E-state index contributed by atoms with van der Waals surface area (Å²) in [4.78, 5) is 31.2. The van der Waals surface area contributed by atoms with Crippen LogP contribution in [0.25, 0.3) is 0 Å². The van der Waals surface area contributed by atoms with Crippen molar-refractivity contribution in [1.29, 1.82) is 0 Å². The van der Waals surface area contributed by atoms with E-state index in [4.69, 9.17) is 0 Å². The van der Waals surface area contributed by atoms with E-state index in [-0.39, 0.29) is 29.5 Å². The molecule has 2 heterocycles. The highest BCUT2D eigenvalue weighted by Gasteiger charge is 2.38. The van der Waals surface area contributed by atoms with Gasteiger partial charge in [0.2, 0.25) is 5.75 Å². The summed E-state index contributed by atoms with van der Waals surface area (Å²) in [5.74, 6) is 0.193. The number of hydrogen-bond acceptors (Lipinski definition) is 4. The molecule has 2 aromatic rings. The molecule has 1 aromatic heterocycles. The number of carbonyl (C=O) groups excluding carboxylic acids is 1. The molecule has 4 rings (SSSR count). The Morgan fingerprint density at radius 2 is 1.78 bits per heavy atom. The van der Waals surface area contributed by atoms with Gasteiger partial charge in [-0.3, -0.25) is 9.59 Å². The monoisotopic (exact) mass is 367 g/mol. The van der Waals surface area contributed by atoms with E-state index in [1.165, 1.54) is 5.56 Å². The maximum absolute atomic E-state index is 12.9. The second kappa shape index (κ2) is 6.83. The Kier molecular flexibility index (Phi) is 4.50. The highest BCUT2D eigenvalue weighted by molar-refractivity contribution is 5.95.